The Labute approximate surface area is 187 Å². The molecule has 0 N–H and O–H groups in total. The van der Waals surface area contributed by atoms with E-state index in [-0.39, 0.29) is 19.1 Å². The molecule has 1 saturated carbocycles. The molecule has 1 saturated heterocycles. The third kappa shape index (κ3) is 6.48. The summed E-state index contributed by atoms with van der Waals surface area (Å²) in [7, 11) is 0. The summed E-state index contributed by atoms with van der Waals surface area (Å²) >= 11 is 0. The summed E-state index contributed by atoms with van der Waals surface area (Å²) in [6, 6.07) is 14.1. The van der Waals surface area contributed by atoms with Gasteiger partial charge in [-0.2, -0.15) is 9.88 Å². The smallest absolute Gasteiger partial charge is 0.119 e. The van der Waals surface area contributed by atoms with Crippen LogP contribution in [0.25, 0.3) is 0 Å². The highest BCUT2D eigenvalue weighted by atomic mass is 19.3. The molecule has 1 aliphatic heterocycles. The van der Waals surface area contributed by atoms with Crippen molar-refractivity contribution < 1.29 is 33.1 Å². The molecular weight excluding hydrogens is 418 g/mol. The van der Waals surface area contributed by atoms with Crippen molar-refractivity contribution >= 4 is 0 Å². The van der Waals surface area contributed by atoms with E-state index in [0.29, 0.717) is 25.7 Å². The Kier molecular flexibility index (Phi) is 8.08. The number of benzene rings is 2. The van der Waals surface area contributed by atoms with Crippen LogP contribution in [0.15, 0.2) is 42.5 Å². The molecule has 0 aromatic heterocycles. The molecule has 2 aromatic carbocycles. The van der Waals surface area contributed by atoms with Gasteiger partial charge in [0.15, 0.2) is 0 Å². The standard InChI is InChI=1S/C25H30F2O5/c1-17-2-5-19(25-15-23(32-27)14-24(31-25)16-30-26)13-20(17)12-18-3-6-21(7-4-18)28-10-11-29-22-8-9-22/h2-7,13,22-25H,8-12,14-16H2,1H3. The Morgan fingerprint density at radius 2 is 1.78 bits per heavy atom. The minimum absolute atomic E-state index is 0.240. The molecule has 0 amide bonds. The van der Waals surface area contributed by atoms with Crippen LogP contribution in [0.1, 0.15) is 54.0 Å². The van der Waals surface area contributed by atoms with Gasteiger partial charge in [0.2, 0.25) is 0 Å². The minimum atomic E-state index is -0.638. The van der Waals surface area contributed by atoms with E-state index in [1.165, 1.54) is 12.8 Å². The topological polar surface area (TPSA) is 46.2 Å². The number of halogens is 2. The second-order valence-corrected chi connectivity index (χ2v) is 8.63. The molecule has 1 aliphatic carbocycles. The highest BCUT2D eigenvalue weighted by molar-refractivity contribution is 5.38. The van der Waals surface area contributed by atoms with Gasteiger partial charge in [-0.25, -0.2) is 0 Å². The van der Waals surface area contributed by atoms with Gasteiger partial charge in [0.25, 0.3) is 0 Å². The van der Waals surface area contributed by atoms with Crippen LogP contribution >= 0.6 is 0 Å². The van der Waals surface area contributed by atoms with Crippen molar-refractivity contribution in [3.63, 3.8) is 0 Å². The molecule has 2 aliphatic rings. The number of aryl methyl sites for hydroxylation is 1. The third-order valence-electron chi connectivity index (χ3n) is 6.03. The average Bonchev–Trinajstić information content (AvgIpc) is 3.64. The molecule has 0 radical (unpaired) electrons. The summed E-state index contributed by atoms with van der Waals surface area (Å²) in [5.74, 6) is 0.826. The predicted octanol–water partition coefficient (Wildman–Crippen LogP) is 5.53. The molecule has 1 heterocycles. The molecule has 4 rings (SSSR count). The first-order valence-electron chi connectivity index (χ1n) is 11.2. The summed E-state index contributed by atoms with van der Waals surface area (Å²) in [5.41, 5.74) is 4.39. The first kappa shape index (κ1) is 23.1. The number of hydrogen-bond donors (Lipinski definition) is 0. The summed E-state index contributed by atoms with van der Waals surface area (Å²) in [6.45, 7) is 2.99. The monoisotopic (exact) mass is 448 g/mol. The molecule has 2 fully saturated rings. The Morgan fingerprint density at radius 3 is 2.50 bits per heavy atom. The van der Waals surface area contributed by atoms with E-state index in [1.54, 1.807) is 0 Å². The van der Waals surface area contributed by atoms with Crippen molar-refractivity contribution in [3.8, 4) is 5.75 Å². The van der Waals surface area contributed by atoms with E-state index in [4.69, 9.17) is 14.2 Å². The average molecular weight is 449 g/mol. The van der Waals surface area contributed by atoms with Crippen LogP contribution in [-0.4, -0.2) is 38.1 Å². The van der Waals surface area contributed by atoms with Gasteiger partial charge in [0.05, 0.1) is 24.9 Å². The molecule has 0 spiro atoms. The lowest BCUT2D eigenvalue weighted by Gasteiger charge is -2.33. The lowest BCUT2D eigenvalue weighted by molar-refractivity contribution is -0.243. The normalized spacial score (nSPS) is 23.3. The largest absolute Gasteiger partial charge is 0.491 e. The van der Waals surface area contributed by atoms with Crippen LogP contribution in [0.5, 0.6) is 5.75 Å². The van der Waals surface area contributed by atoms with Crippen LogP contribution in [0.2, 0.25) is 0 Å². The Morgan fingerprint density at radius 1 is 0.969 bits per heavy atom. The van der Waals surface area contributed by atoms with Gasteiger partial charge >= 0.3 is 0 Å². The van der Waals surface area contributed by atoms with Crippen molar-refractivity contribution in [2.75, 3.05) is 19.8 Å². The van der Waals surface area contributed by atoms with Crippen LogP contribution in [0, 0.1) is 6.92 Å². The SMILES string of the molecule is Cc1ccc(C2CC(OF)CC(COF)O2)cc1Cc1ccc(OCCOC2CC2)cc1. The van der Waals surface area contributed by atoms with Gasteiger partial charge in [0, 0.05) is 12.8 Å². The van der Waals surface area contributed by atoms with Crippen LogP contribution < -0.4 is 4.74 Å². The molecule has 7 heteroatoms. The summed E-state index contributed by atoms with van der Waals surface area (Å²) in [6.07, 6.45) is 2.59. The highest BCUT2D eigenvalue weighted by Crippen LogP contribution is 2.34. The van der Waals surface area contributed by atoms with Crippen molar-refractivity contribution in [1.29, 1.82) is 0 Å². The van der Waals surface area contributed by atoms with E-state index in [9.17, 15) is 9.05 Å². The zero-order valence-corrected chi connectivity index (χ0v) is 18.3. The number of hydrogen-bond acceptors (Lipinski definition) is 5. The van der Waals surface area contributed by atoms with Crippen molar-refractivity contribution in [1.82, 2.24) is 0 Å². The van der Waals surface area contributed by atoms with Crippen molar-refractivity contribution in [3.05, 3.63) is 64.7 Å². The van der Waals surface area contributed by atoms with Gasteiger partial charge < -0.3 is 14.2 Å². The molecular formula is C25H30F2O5. The van der Waals surface area contributed by atoms with Crippen LogP contribution in [-0.2, 0) is 25.8 Å². The fraction of sp³-hybridized carbons (Fsp3) is 0.520. The van der Waals surface area contributed by atoms with Crippen molar-refractivity contribution in [2.45, 2.75) is 63.4 Å². The second-order valence-electron chi connectivity index (χ2n) is 8.63. The molecule has 5 nitrogen and oxygen atoms in total. The Hall–Kier alpha value is -2.06. The van der Waals surface area contributed by atoms with Crippen molar-refractivity contribution in [2.24, 2.45) is 0 Å². The maximum atomic E-state index is 12.9. The fourth-order valence-electron chi connectivity index (χ4n) is 4.05. The van der Waals surface area contributed by atoms with E-state index in [0.717, 1.165) is 34.4 Å². The van der Waals surface area contributed by atoms with Gasteiger partial charge in [-0.15, -0.1) is 0 Å². The van der Waals surface area contributed by atoms with Gasteiger partial charge in [-0.05, 0) is 69.6 Å². The number of ether oxygens (including phenoxy) is 3. The molecule has 2 aromatic rings. The predicted molar refractivity (Wildman–Crippen MR) is 115 cm³/mol. The summed E-state index contributed by atoms with van der Waals surface area (Å²) < 4.78 is 42.5. The lowest BCUT2D eigenvalue weighted by Crippen LogP contribution is -2.34. The second kappa shape index (κ2) is 11.2. The quantitative estimate of drug-likeness (QED) is 0.423. The Bertz CT molecular complexity index is 856. The van der Waals surface area contributed by atoms with Gasteiger partial charge in [0.1, 0.15) is 25.1 Å². The van der Waals surface area contributed by atoms with Crippen LogP contribution in [0.4, 0.5) is 9.05 Å². The number of rotatable bonds is 11. The lowest BCUT2D eigenvalue weighted by atomic mass is 9.92. The zero-order valence-electron chi connectivity index (χ0n) is 18.3. The molecule has 0 bridgehead atoms. The maximum absolute atomic E-state index is 12.9. The summed E-state index contributed by atoms with van der Waals surface area (Å²) in [5, 5.41) is 0. The first-order valence-corrected chi connectivity index (χ1v) is 11.2. The molecule has 3 atom stereocenters. The van der Waals surface area contributed by atoms with E-state index in [1.807, 2.05) is 24.3 Å². The molecule has 3 unspecified atom stereocenters. The molecule has 32 heavy (non-hydrogen) atoms. The fourth-order valence-corrected chi connectivity index (χ4v) is 4.05. The highest BCUT2D eigenvalue weighted by Gasteiger charge is 2.32. The summed E-state index contributed by atoms with van der Waals surface area (Å²) in [4.78, 5) is 7.77. The van der Waals surface area contributed by atoms with Gasteiger partial charge in [-0.1, -0.05) is 30.3 Å². The van der Waals surface area contributed by atoms with Gasteiger partial charge in [-0.3, -0.25) is 0 Å². The van der Waals surface area contributed by atoms with E-state index >= 15 is 0 Å². The maximum Gasteiger partial charge on any atom is 0.119 e. The zero-order chi connectivity index (χ0) is 22.3. The van der Waals surface area contributed by atoms with E-state index in [2.05, 4.69) is 35.0 Å². The minimum Gasteiger partial charge on any atom is -0.491 e. The van der Waals surface area contributed by atoms with Crippen LogP contribution in [0.3, 0.4) is 0 Å². The third-order valence-corrected chi connectivity index (χ3v) is 6.03. The van der Waals surface area contributed by atoms with E-state index < -0.39 is 12.2 Å². The first-order chi connectivity index (χ1) is 15.6. The molecule has 174 valence electrons. The Balaban J connectivity index is 1.37.